The van der Waals surface area contributed by atoms with Crippen molar-refractivity contribution in [1.82, 2.24) is 24.9 Å². The second kappa shape index (κ2) is 22.6. The molecule has 0 unspecified atom stereocenters. The average molecular weight is 639 g/mol. The van der Waals surface area contributed by atoms with Crippen molar-refractivity contribution in [1.29, 1.82) is 0 Å². The van der Waals surface area contributed by atoms with Crippen LogP contribution in [-0.4, -0.2) is 71.5 Å². The standard InChI is InChI=1S/C37H62N6O3/c1-4-7-9-10-11-12-13-14-15-18-26-42(25-6-3)27-19-23-34(44)39-24-28-45-29-30-46-43-33(22-8-5-2)41-35-36(43)31-20-16-17-21-32(31)40-37(35)38/h16-17,20-21H,4-15,18-19,22-30H2,1-3H3,(H2,38,40)(H,39,44). The van der Waals surface area contributed by atoms with Gasteiger partial charge in [-0.3, -0.25) is 4.79 Å². The number of benzene rings is 1. The van der Waals surface area contributed by atoms with E-state index in [4.69, 9.17) is 20.3 Å². The number of carbonyl (C=O) groups excluding carboxylic acids is 1. The molecule has 0 aliphatic heterocycles. The van der Waals surface area contributed by atoms with Crippen LogP contribution in [0, 0.1) is 0 Å². The number of imidazole rings is 1. The summed E-state index contributed by atoms with van der Waals surface area (Å²) < 4.78 is 7.60. The van der Waals surface area contributed by atoms with Crippen molar-refractivity contribution >= 4 is 33.7 Å². The van der Waals surface area contributed by atoms with Crippen LogP contribution in [0.4, 0.5) is 5.82 Å². The molecule has 9 nitrogen and oxygen atoms in total. The van der Waals surface area contributed by atoms with Crippen LogP contribution >= 0.6 is 0 Å². The molecule has 2 aromatic heterocycles. The molecule has 0 atom stereocenters. The van der Waals surface area contributed by atoms with Crippen LogP contribution in [0.15, 0.2) is 24.3 Å². The van der Waals surface area contributed by atoms with Crippen LogP contribution in [0.1, 0.15) is 123 Å². The maximum atomic E-state index is 12.4. The van der Waals surface area contributed by atoms with Gasteiger partial charge in [0, 0.05) is 24.8 Å². The highest BCUT2D eigenvalue weighted by Crippen LogP contribution is 2.28. The summed E-state index contributed by atoms with van der Waals surface area (Å²) in [4.78, 5) is 30.5. The fourth-order valence-corrected chi connectivity index (χ4v) is 6.03. The minimum absolute atomic E-state index is 0.0961. The fraction of sp³-hybridized carbons (Fsp3) is 0.703. The number of fused-ring (bicyclic) bond motifs is 3. The Morgan fingerprint density at radius 3 is 2.24 bits per heavy atom. The van der Waals surface area contributed by atoms with E-state index >= 15 is 0 Å². The summed E-state index contributed by atoms with van der Waals surface area (Å²) in [7, 11) is 0. The molecule has 9 heteroatoms. The lowest BCUT2D eigenvalue weighted by molar-refractivity contribution is -0.121. The molecular weight excluding hydrogens is 576 g/mol. The maximum absolute atomic E-state index is 12.4. The lowest BCUT2D eigenvalue weighted by Crippen LogP contribution is -2.30. The normalized spacial score (nSPS) is 11.7. The van der Waals surface area contributed by atoms with Crippen molar-refractivity contribution < 1.29 is 14.4 Å². The van der Waals surface area contributed by atoms with Gasteiger partial charge in [0.05, 0.1) is 18.7 Å². The Kier molecular flexibility index (Phi) is 18.4. The monoisotopic (exact) mass is 638 g/mol. The van der Waals surface area contributed by atoms with Gasteiger partial charge in [0.15, 0.2) is 5.82 Å². The van der Waals surface area contributed by atoms with E-state index in [1.807, 2.05) is 29.0 Å². The van der Waals surface area contributed by atoms with E-state index in [2.05, 4.69) is 36.0 Å². The molecule has 3 rings (SSSR count). The predicted molar refractivity (Wildman–Crippen MR) is 191 cm³/mol. The second-order valence-corrected chi connectivity index (χ2v) is 12.6. The topological polar surface area (TPSA) is 108 Å². The smallest absolute Gasteiger partial charge is 0.220 e. The molecule has 0 bridgehead atoms. The lowest BCUT2D eigenvalue weighted by Gasteiger charge is -2.21. The Balaban J connectivity index is 1.29. The average Bonchev–Trinajstić information content (AvgIpc) is 3.43. The Morgan fingerprint density at radius 2 is 1.50 bits per heavy atom. The number of para-hydroxylation sites is 1. The minimum Gasteiger partial charge on any atom is -0.410 e. The summed E-state index contributed by atoms with van der Waals surface area (Å²) in [5.41, 5.74) is 8.61. The zero-order valence-corrected chi connectivity index (χ0v) is 29.2. The van der Waals surface area contributed by atoms with E-state index in [-0.39, 0.29) is 5.91 Å². The third-order valence-electron chi connectivity index (χ3n) is 8.56. The number of nitrogens with one attached hydrogen (secondary N) is 1. The maximum Gasteiger partial charge on any atom is 0.220 e. The molecule has 0 fully saturated rings. The fourth-order valence-electron chi connectivity index (χ4n) is 6.03. The van der Waals surface area contributed by atoms with E-state index in [0.29, 0.717) is 44.1 Å². The quantitative estimate of drug-likeness (QED) is 0.0834. The van der Waals surface area contributed by atoms with Gasteiger partial charge in [-0.15, -0.1) is 0 Å². The van der Waals surface area contributed by atoms with Gasteiger partial charge in [0.1, 0.15) is 23.5 Å². The van der Waals surface area contributed by atoms with Crippen LogP contribution in [0.2, 0.25) is 0 Å². The Labute approximate surface area is 277 Å². The van der Waals surface area contributed by atoms with Gasteiger partial charge < -0.3 is 25.5 Å². The van der Waals surface area contributed by atoms with Crippen LogP contribution < -0.4 is 15.9 Å². The molecule has 0 radical (unpaired) electrons. The second-order valence-electron chi connectivity index (χ2n) is 12.6. The molecule has 1 aromatic carbocycles. The van der Waals surface area contributed by atoms with Crippen molar-refractivity contribution in [2.45, 2.75) is 124 Å². The van der Waals surface area contributed by atoms with Crippen molar-refractivity contribution in [3.8, 4) is 0 Å². The number of rotatable bonds is 27. The Bertz CT molecular complexity index is 1260. The molecule has 3 aromatic rings. The van der Waals surface area contributed by atoms with Crippen LogP contribution in [-0.2, 0) is 16.0 Å². The van der Waals surface area contributed by atoms with Gasteiger partial charge >= 0.3 is 0 Å². The number of aromatic nitrogens is 3. The first-order valence-corrected chi connectivity index (χ1v) is 18.3. The summed E-state index contributed by atoms with van der Waals surface area (Å²) in [5.74, 6) is 1.35. The van der Waals surface area contributed by atoms with Crippen LogP contribution in [0.3, 0.4) is 0 Å². The molecule has 2 heterocycles. The summed E-state index contributed by atoms with van der Waals surface area (Å²) in [6.07, 6.45) is 19.1. The highest BCUT2D eigenvalue weighted by Gasteiger charge is 2.18. The van der Waals surface area contributed by atoms with E-state index in [1.54, 1.807) is 0 Å². The predicted octanol–water partition coefficient (Wildman–Crippen LogP) is 7.48. The molecule has 46 heavy (non-hydrogen) atoms. The van der Waals surface area contributed by atoms with Gasteiger partial charge in [-0.25, -0.2) is 9.97 Å². The number of nitrogen functional groups attached to an aromatic ring is 1. The molecule has 3 N–H and O–H groups in total. The molecule has 258 valence electrons. The van der Waals surface area contributed by atoms with Crippen molar-refractivity contribution in [3.05, 3.63) is 30.1 Å². The van der Waals surface area contributed by atoms with Crippen molar-refractivity contribution in [3.63, 3.8) is 0 Å². The Morgan fingerprint density at radius 1 is 0.804 bits per heavy atom. The number of unbranched alkanes of at least 4 members (excludes halogenated alkanes) is 10. The molecule has 1 amide bonds. The third-order valence-corrected chi connectivity index (χ3v) is 8.56. The van der Waals surface area contributed by atoms with Crippen molar-refractivity contribution in [2.75, 3.05) is 51.7 Å². The first-order valence-electron chi connectivity index (χ1n) is 18.3. The highest BCUT2D eigenvalue weighted by atomic mass is 16.7. The SMILES string of the molecule is CCCCCCCCCCCCN(CCC)CCCC(=O)NCCOCCOn1c(CCCC)nc2c(N)nc3ccccc3c21. The summed E-state index contributed by atoms with van der Waals surface area (Å²) in [6.45, 7) is 11.6. The van der Waals surface area contributed by atoms with Gasteiger partial charge in [-0.05, 0) is 51.4 Å². The van der Waals surface area contributed by atoms with E-state index < -0.39 is 0 Å². The van der Waals surface area contributed by atoms with Gasteiger partial charge in [-0.1, -0.05) is 103 Å². The number of amides is 1. The number of nitrogens with two attached hydrogens (primary N) is 1. The Hall–Kier alpha value is -2.91. The number of nitrogens with zero attached hydrogens (tertiary/aromatic N) is 4. The number of ether oxygens (including phenoxy) is 1. The number of pyridine rings is 1. The van der Waals surface area contributed by atoms with Gasteiger partial charge in [0.25, 0.3) is 0 Å². The molecule has 0 aliphatic carbocycles. The van der Waals surface area contributed by atoms with E-state index in [1.165, 1.54) is 64.2 Å². The highest BCUT2D eigenvalue weighted by molar-refractivity contribution is 6.06. The van der Waals surface area contributed by atoms with E-state index in [0.717, 1.165) is 74.0 Å². The minimum atomic E-state index is 0.0961. The molecule has 0 aliphatic rings. The molecule has 0 spiro atoms. The zero-order chi connectivity index (χ0) is 32.8. The largest absolute Gasteiger partial charge is 0.410 e. The third kappa shape index (κ3) is 13.1. The van der Waals surface area contributed by atoms with Gasteiger partial charge in [0.2, 0.25) is 5.91 Å². The number of hydrogen-bond acceptors (Lipinski definition) is 7. The van der Waals surface area contributed by atoms with E-state index in [9.17, 15) is 4.79 Å². The van der Waals surface area contributed by atoms with Crippen LogP contribution in [0.25, 0.3) is 21.9 Å². The summed E-state index contributed by atoms with van der Waals surface area (Å²) in [5, 5.41) is 3.96. The van der Waals surface area contributed by atoms with Gasteiger partial charge in [-0.2, -0.15) is 4.73 Å². The molecule has 0 saturated heterocycles. The molecule has 0 saturated carbocycles. The summed E-state index contributed by atoms with van der Waals surface area (Å²) in [6, 6.07) is 7.91. The first kappa shape index (κ1) is 37.5. The van der Waals surface area contributed by atoms with Crippen molar-refractivity contribution in [2.24, 2.45) is 0 Å². The summed E-state index contributed by atoms with van der Waals surface area (Å²) >= 11 is 0. The number of carbonyl (C=O) groups is 1. The number of anilines is 1. The lowest BCUT2D eigenvalue weighted by atomic mass is 10.1. The zero-order valence-electron chi connectivity index (χ0n) is 29.2. The number of hydrogen-bond donors (Lipinski definition) is 2. The van der Waals surface area contributed by atoms with Crippen LogP contribution in [0.5, 0.6) is 0 Å². The molecular formula is C37H62N6O3. The first-order chi connectivity index (χ1) is 22.6. The number of aryl methyl sites for hydroxylation is 1.